The van der Waals surface area contributed by atoms with Crippen LogP contribution in [0.3, 0.4) is 0 Å². The Labute approximate surface area is 131 Å². The molecule has 0 unspecified atom stereocenters. The highest BCUT2D eigenvalue weighted by molar-refractivity contribution is 6.00. The predicted octanol–water partition coefficient (Wildman–Crippen LogP) is 3.05. The second kappa shape index (κ2) is 6.38. The van der Waals surface area contributed by atoms with Gasteiger partial charge in [0, 0.05) is 17.1 Å². The van der Waals surface area contributed by atoms with Crippen molar-refractivity contribution >= 4 is 17.5 Å². The molecule has 0 aliphatic heterocycles. The highest BCUT2D eigenvalue weighted by Crippen LogP contribution is 2.25. The lowest BCUT2D eigenvalue weighted by atomic mass is 9.95. The maximum atomic E-state index is 12.3. The molecule has 1 fully saturated rings. The zero-order chi connectivity index (χ0) is 16.3. The van der Waals surface area contributed by atoms with Gasteiger partial charge in [0.15, 0.2) is 0 Å². The minimum Gasteiger partial charge on any atom is -0.507 e. The van der Waals surface area contributed by atoms with Crippen LogP contribution >= 0.6 is 0 Å². The maximum Gasteiger partial charge on any atom is 0.255 e. The molecule has 1 aliphatic rings. The van der Waals surface area contributed by atoms with Crippen molar-refractivity contribution in [3.63, 3.8) is 0 Å². The summed E-state index contributed by atoms with van der Waals surface area (Å²) in [6, 6.07) is 4.72. The van der Waals surface area contributed by atoms with Crippen LogP contribution in [0.4, 0.5) is 5.69 Å². The van der Waals surface area contributed by atoms with Crippen molar-refractivity contribution in [3.05, 3.63) is 23.8 Å². The van der Waals surface area contributed by atoms with Gasteiger partial charge in [-0.2, -0.15) is 0 Å². The van der Waals surface area contributed by atoms with Crippen molar-refractivity contribution in [3.8, 4) is 5.75 Å². The summed E-state index contributed by atoms with van der Waals surface area (Å²) in [5.74, 6) is -0.513. The van der Waals surface area contributed by atoms with Crippen LogP contribution in [0.15, 0.2) is 18.2 Å². The van der Waals surface area contributed by atoms with Crippen molar-refractivity contribution in [1.82, 2.24) is 5.32 Å². The van der Waals surface area contributed by atoms with Gasteiger partial charge in [-0.3, -0.25) is 9.59 Å². The molecule has 22 heavy (non-hydrogen) atoms. The molecule has 2 rings (SSSR count). The average molecular weight is 304 g/mol. The van der Waals surface area contributed by atoms with Crippen LogP contribution in [-0.2, 0) is 4.79 Å². The Morgan fingerprint density at radius 3 is 2.41 bits per heavy atom. The largest absolute Gasteiger partial charge is 0.507 e. The number of nitrogens with one attached hydrogen (secondary N) is 2. The minimum absolute atomic E-state index is 0.0794. The van der Waals surface area contributed by atoms with E-state index in [2.05, 4.69) is 10.6 Å². The standard InChI is InChI=1S/C17H24N2O3/c1-17(2,3)16(22)19-12-8-9-14(20)13(10-12)15(21)18-11-6-4-5-7-11/h8-11,20H,4-7H2,1-3H3,(H,18,21)(H,19,22). The van der Waals surface area contributed by atoms with Crippen molar-refractivity contribution in [2.24, 2.45) is 5.41 Å². The molecule has 3 N–H and O–H groups in total. The molecular weight excluding hydrogens is 280 g/mol. The van der Waals surface area contributed by atoms with Crippen LogP contribution < -0.4 is 10.6 Å². The Hall–Kier alpha value is -2.04. The van der Waals surface area contributed by atoms with E-state index in [0.717, 1.165) is 25.7 Å². The molecule has 5 nitrogen and oxygen atoms in total. The molecule has 1 saturated carbocycles. The lowest BCUT2D eigenvalue weighted by Gasteiger charge is -2.18. The summed E-state index contributed by atoms with van der Waals surface area (Å²) in [7, 11) is 0. The van der Waals surface area contributed by atoms with Gasteiger partial charge < -0.3 is 15.7 Å². The number of anilines is 1. The van der Waals surface area contributed by atoms with E-state index in [4.69, 9.17) is 0 Å². The van der Waals surface area contributed by atoms with E-state index in [-0.39, 0.29) is 29.2 Å². The monoisotopic (exact) mass is 304 g/mol. The molecule has 1 aromatic rings. The molecule has 0 atom stereocenters. The summed E-state index contributed by atoms with van der Waals surface area (Å²) in [6.07, 6.45) is 4.21. The zero-order valence-corrected chi connectivity index (χ0v) is 13.4. The summed E-state index contributed by atoms with van der Waals surface area (Å²) >= 11 is 0. The number of rotatable bonds is 3. The number of benzene rings is 1. The third-order valence-electron chi connectivity index (χ3n) is 3.87. The van der Waals surface area contributed by atoms with Crippen molar-refractivity contribution in [1.29, 1.82) is 0 Å². The van der Waals surface area contributed by atoms with Crippen molar-refractivity contribution < 1.29 is 14.7 Å². The highest BCUT2D eigenvalue weighted by atomic mass is 16.3. The normalized spacial score (nSPS) is 15.6. The van der Waals surface area contributed by atoms with Crippen molar-refractivity contribution in [2.45, 2.75) is 52.5 Å². The molecule has 2 amide bonds. The molecular formula is C17H24N2O3. The van der Waals surface area contributed by atoms with Crippen molar-refractivity contribution in [2.75, 3.05) is 5.32 Å². The fourth-order valence-corrected chi connectivity index (χ4v) is 2.45. The number of carbonyl (C=O) groups excluding carboxylic acids is 2. The summed E-state index contributed by atoms with van der Waals surface area (Å²) in [5, 5.41) is 15.6. The van der Waals surface area contributed by atoms with E-state index in [0.29, 0.717) is 5.69 Å². The van der Waals surface area contributed by atoms with Gasteiger partial charge >= 0.3 is 0 Å². The van der Waals surface area contributed by atoms with E-state index in [9.17, 15) is 14.7 Å². The van der Waals surface area contributed by atoms with Gasteiger partial charge in [-0.05, 0) is 31.0 Å². The maximum absolute atomic E-state index is 12.3. The Morgan fingerprint density at radius 1 is 1.18 bits per heavy atom. The molecule has 0 aromatic heterocycles. The third kappa shape index (κ3) is 4.00. The number of amides is 2. The van der Waals surface area contributed by atoms with E-state index in [1.807, 2.05) is 20.8 Å². The van der Waals surface area contributed by atoms with Gasteiger partial charge in [0.1, 0.15) is 5.75 Å². The van der Waals surface area contributed by atoms with Crippen LogP contribution in [0.5, 0.6) is 5.75 Å². The van der Waals surface area contributed by atoms with Gasteiger partial charge in [0.25, 0.3) is 5.91 Å². The second-order valence-corrected chi connectivity index (χ2v) is 6.89. The quantitative estimate of drug-likeness (QED) is 0.751. The molecule has 0 spiro atoms. The number of carbonyl (C=O) groups is 2. The predicted molar refractivity (Wildman–Crippen MR) is 85.9 cm³/mol. The summed E-state index contributed by atoms with van der Waals surface area (Å²) < 4.78 is 0. The first-order valence-electron chi connectivity index (χ1n) is 7.73. The molecule has 1 aromatic carbocycles. The molecule has 0 heterocycles. The Morgan fingerprint density at radius 2 is 1.82 bits per heavy atom. The lowest BCUT2D eigenvalue weighted by molar-refractivity contribution is -0.123. The molecule has 5 heteroatoms. The molecule has 0 radical (unpaired) electrons. The summed E-state index contributed by atoms with van der Waals surface area (Å²) in [4.78, 5) is 24.3. The van der Waals surface area contributed by atoms with Crippen LogP contribution in [0.1, 0.15) is 56.8 Å². The second-order valence-electron chi connectivity index (χ2n) is 6.89. The highest BCUT2D eigenvalue weighted by Gasteiger charge is 2.23. The van der Waals surface area contributed by atoms with Gasteiger partial charge in [-0.1, -0.05) is 33.6 Å². The molecule has 0 bridgehead atoms. The fourth-order valence-electron chi connectivity index (χ4n) is 2.45. The van der Waals surface area contributed by atoms with Gasteiger partial charge in [-0.15, -0.1) is 0 Å². The summed E-state index contributed by atoms with van der Waals surface area (Å²) in [5.41, 5.74) is 0.178. The zero-order valence-electron chi connectivity index (χ0n) is 13.4. The number of hydrogen-bond donors (Lipinski definition) is 3. The van der Waals surface area contributed by atoms with Crippen LogP contribution in [0.25, 0.3) is 0 Å². The first kappa shape index (κ1) is 16.3. The SMILES string of the molecule is CC(C)(C)C(=O)Nc1ccc(O)c(C(=O)NC2CCCC2)c1. The van der Waals surface area contributed by atoms with Gasteiger partial charge in [0.05, 0.1) is 5.56 Å². The molecule has 0 saturated heterocycles. The van der Waals surface area contributed by atoms with E-state index in [1.165, 1.54) is 12.1 Å². The Kier molecular flexibility index (Phi) is 4.74. The summed E-state index contributed by atoms with van der Waals surface area (Å²) in [6.45, 7) is 5.45. The van der Waals surface area contributed by atoms with E-state index in [1.54, 1.807) is 6.07 Å². The average Bonchev–Trinajstić information content (AvgIpc) is 2.92. The van der Waals surface area contributed by atoms with Gasteiger partial charge in [-0.25, -0.2) is 0 Å². The number of aromatic hydroxyl groups is 1. The van der Waals surface area contributed by atoms with Gasteiger partial charge in [0.2, 0.25) is 5.91 Å². The molecule has 120 valence electrons. The first-order chi connectivity index (χ1) is 10.3. The van der Waals surface area contributed by atoms with Crippen LogP contribution in [0, 0.1) is 5.41 Å². The molecule has 1 aliphatic carbocycles. The van der Waals surface area contributed by atoms with Crippen LogP contribution in [-0.4, -0.2) is 23.0 Å². The topological polar surface area (TPSA) is 78.4 Å². The Bertz CT molecular complexity index is 570. The first-order valence-corrected chi connectivity index (χ1v) is 7.73. The lowest BCUT2D eigenvalue weighted by Crippen LogP contribution is -2.32. The third-order valence-corrected chi connectivity index (χ3v) is 3.87. The van der Waals surface area contributed by atoms with Crippen LogP contribution in [0.2, 0.25) is 0 Å². The smallest absolute Gasteiger partial charge is 0.255 e. The van der Waals surface area contributed by atoms with E-state index < -0.39 is 5.41 Å². The number of phenols is 1. The van der Waals surface area contributed by atoms with E-state index >= 15 is 0 Å². The Balaban J connectivity index is 2.12. The minimum atomic E-state index is -0.524. The number of phenolic OH excluding ortho intramolecular Hbond substituents is 1. The fraction of sp³-hybridized carbons (Fsp3) is 0.529. The number of hydrogen-bond acceptors (Lipinski definition) is 3.